The van der Waals surface area contributed by atoms with Crippen LogP contribution in [0.5, 0.6) is 17.2 Å². The Morgan fingerprint density at radius 3 is 2.54 bits per heavy atom. The first kappa shape index (κ1) is 17.9. The van der Waals surface area contributed by atoms with Gasteiger partial charge < -0.3 is 23.7 Å². The minimum absolute atomic E-state index is 0.0286. The summed E-state index contributed by atoms with van der Waals surface area (Å²) in [6.07, 6.45) is 7.48. The third-order valence-corrected chi connectivity index (χ3v) is 4.28. The Balaban J connectivity index is 2.36. The Morgan fingerprint density at radius 1 is 1.12 bits per heavy atom. The van der Waals surface area contributed by atoms with E-state index in [2.05, 4.69) is 0 Å². The summed E-state index contributed by atoms with van der Waals surface area (Å²) in [4.78, 5) is 12.1. The highest BCUT2D eigenvalue weighted by atomic mass is 16.5. The van der Waals surface area contributed by atoms with E-state index in [9.17, 15) is 4.79 Å². The van der Waals surface area contributed by atoms with Crippen molar-refractivity contribution in [2.75, 3.05) is 27.9 Å². The van der Waals surface area contributed by atoms with Gasteiger partial charge in [0.2, 0.25) is 5.75 Å². The number of allylic oxidation sites excluding steroid dienone is 2. The molecule has 0 N–H and O–H groups in total. The number of hydrogen-bond donors (Lipinski definition) is 0. The molecule has 26 heavy (non-hydrogen) atoms. The van der Waals surface area contributed by atoms with Crippen molar-refractivity contribution in [3.8, 4) is 17.2 Å². The molecule has 0 amide bonds. The number of fused-ring (bicyclic) bond motifs is 2. The van der Waals surface area contributed by atoms with Gasteiger partial charge >= 0.3 is 5.97 Å². The zero-order valence-corrected chi connectivity index (χ0v) is 15.3. The number of hydrogen-bond acceptors (Lipinski definition) is 6. The van der Waals surface area contributed by atoms with Crippen molar-refractivity contribution in [1.29, 1.82) is 0 Å². The Kier molecular flexibility index (Phi) is 5.21. The van der Waals surface area contributed by atoms with E-state index in [1.54, 1.807) is 34.3 Å². The molecule has 1 atom stereocenters. The Morgan fingerprint density at radius 2 is 1.88 bits per heavy atom. The van der Waals surface area contributed by atoms with Crippen molar-refractivity contribution in [1.82, 2.24) is 0 Å². The average Bonchev–Trinajstić information content (AvgIpc) is 2.66. The number of ether oxygens (including phenoxy) is 5. The van der Waals surface area contributed by atoms with Crippen LogP contribution in [0, 0.1) is 0 Å². The zero-order chi connectivity index (χ0) is 18.7. The van der Waals surface area contributed by atoms with Gasteiger partial charge in [0.15, 0.2) is 11.5 Å². The molecule has 0 radical (unpaired) electrons. The van der Waals surface area contributed by atoms with Crippen LogP contribution in [0.2, 0.25) is 0 Å². The lowest BCUT2D eigenvalue weighted by Crippen LogP contribution is -2.40. The van der Waals surface area contributed by atoms with Crippen molar-refractivity contribution in [2.24, 2.45) is 0 Å². The molecule has 0 saturated heterocycles. The molecule has 6 nitrogen and oxygen atoms in total. The normalized spacial score (nSPS) is 17.2. The molecular formula is C20H22O6. The fraction of sp³-hybridized carbons (Fsp3) is 0.350. The predicted molar refractivity (Wildman–Crippen MR) is 96.6 cm³/mol. The van der Waals surface area contributed by atoms with Gasteiger partial charge in [-0.2, -0.15) is 0 Å². The summed E-state index contributed by atoms with van der Waals surface area (Å²) in [7, 11) is 4.70. The topological polar surface area (TPSA) is 63.2 Å². The van der Waals surface area contributed by atoms with Gasteiger partial charge in [0.1, 0.15) is 18.3 Å². The molecule has 1 aliphatic heterocycles. The van der Waals surface area contributed by atoms with Crippen molar-refractivity contribution >= 4 is 17.3 Å². The number of rotatable bonds is 6. The minimum Gasteiger partial charge on any atom is -0.493 e. The van der Waals surface area contributed by atoms with Crippen LogP contribution in [0.15, 0.2) is 30.4 Å². The van der Waals surface area contributed by atoms with Gasteiger partial charge in [-0.15, -0.1) is 0 Å². The molecule has 0 aromatic heterocycles. The number of carbonyl (C=O) groups is 1. The molecule has 3 rings (SSSR count). The molecular weight excluding hydrogens is 336 g/mol. The number of esters is 1. The second-order valence-electron chi connectivity index (χ2n) is 5.71. The SMILES string of the molecule is CCOC(=O)CC1=c2cc(OC)c(OC)c(OC)c2=C2C=CC=CC2O1. The zero-order valence-electron chi connectivity index (χ0n) is 15.3. The van der Waals surface area contributed by atoms with E-state index in [0.29, 0.717) is 29.6 Å². The van der Waals surface area contributed by atoms with Gasteiger partial charge in [-0.25, -0.2) is 0 Å². The van der Waals surface area contributed by atoms with Crippen LogP contribution < -0.4 is 24.6 Å². The maximum Gasteiger partial charge on any atom is 0.313 e. The molecule has 6 heteroatoms. The van der Waals surface area contributed by atoms with Crippen molar-refractivity contribution in [3.05, 3.63) is 40.8 Å². The van der Waals surface area contributed by atoms with Crippen LogP contribution in [0.1, 0.15) is 13.3 Å². The average molecular weight is 358 g/mol. The molecule has 1 unspecified atom stereocenters. The standard InChI is InChI=1S/C20H22O6/c1-5-25-17(21)11-15-13-10-16(22-2)19(23-3)20(24-4)18(13)12-8-6-7-9-14(12)26-15/h6-10,14H,5,11H2,1-4H3. The van der Waals surface area contributed by atoms with Gasteiger partial charge in [-0.1, -0.05) is 18.2 Å². The second-order valence-corrected chi connectivity index (χ2v) is 5.71. The smallest absolute Gasteiger partial charge is 0.313 e. The predicted octanol–water partition coefficient (Wildman–Crippen LogP) is 1.45. The highest BCUT2D eigenvalue weighted by Crippen LogP contribution is 2.35. The molecule has 0 saturated carbocycles. The summed E-state index contributed by atoms with van der Waals surface area (Å²) in [6.45, 7) is 2.09. The van der Waals surface area contributed by atoms with E-state index in [4.69, 9.17) is 23.7 Å². The molecule has 2 aliphatic rings. The van der Waals surface area contributed by atoms with Crippen LogP contribution in [0.25, 0.3) is 11.3 Å². The summed E-state index contributed by atoms with van der Waals surface area (Å²) in [5.41, 5.74) is 0.938. The largest absolute Gasteiger partial charge is 0.493 e. The highest BCUT2D eigenvalue weighted by molar-refractivity contribution is 5.81. The maximum atomic E-state index is 12.1. The van der Waals surface area contributed by atoms with Gasteiger partial charge in [0, 0.05) is 16.0 Å². The molecule has 0 spiro atoms. The fourth-order valence-electron chi connectivity index (χ4n) is 3.21. The molecule has 0 fully saturated rings. The van der Waals surface area contributed by atoms with Crippen LogP contribution in [-0.4, -0.2) is 40.0 Å². The molecule has 138 valence electrons. The van der Waals surface area contributed by atoms with Crippen molar-refractivity contribution in [2.45, 2.75) is 19.4 Å². The molecule has 1 aromatic carbocycles. The van der Waals surface area contributed by atoms with Crippen molar-refractivity contribution in [3.63, 3.8) is 0 Å². The summed E-state index contributed by atoms with van der Waals surface area (Å²) < 4.78 is 27.8. The molecule has 1 aromatic rings. The molecule has 0 bridgehead atoms. The Bertz CT molecular complexity index is 894. The number of benzene rings is 1. The fourth-order valence-corrected chi connectivity index (χ4v) is 3.21. The monoisotopic (exact) mass is 358 g/mol. The minimum atomic E-state index is -0.346. The Hall–Kier alpha value is -2.89. The summed E-state index contributed by atoms with van der Waals surface area (Å²) in [5.74, 6) is 1.72. The highest BCUT2D eigenvalue weighted by Gasteiger charge is 2.27. The molecule has 1 aliphatic carbocycles. The lowest BCUT2D eigenvalue weighted by molar-refractivity contribution is -0.142. The number of carbonyl (C=O) groups excluding carboxylic acids is 1. The van der Waals surface area contributed by atoms with E-state index >= 15 is 0 Å². The third kappa shape index (κ3) is 3.03. The van der Waals surface area contributed by atoms with E-state index < -0.39 is 0 Å². The third-order valence-electron chi connectivity index (χ3n) is 4.28. The van der Waals surface area contributed by atoms with Gasteiger partial charge in [0.05, 0.1) is 27.9 Å². The van der Waals surface area contributed by atoms with Crippen LogP contribution in [-0.2, 0) is 14.3 Å². The summed E-state index contributed by atoms with van der Waals surface area (Å²) >= 11 is 0. The lowest BCUT2D eigenvalue weighted by Gasteiger charge is -2.27. The summed E-state index contributed by atoms with van der Waals surface area (Å²) in [5, 5.41) is 1.57. The van der Waals surface area contributed by atoms with E-state index in [1.807, 2.05) is 24.3 Å². The van der Waals surface area contributed by atoms with Crippen LogP contribution >= 0.6 is 0 Å². The first-order valence-electron chi connectivity index (χ1n) is 8.38. The van der Waals surface area contributed by atoms with Gasteiger partial charge in [-0.3, -0.25) is 4.79 Å². The van der Waals surface area contributed by atoms with Gasteiger partial charge in [0.25, 0.3) is 0 Å². The van der Waals surface area contributed by atoms with Crippen LogP contribution in [0.4, 0.5) is 0 Å². The van der Waals surface area contributed by atoms with E-state index in [0.717, 1.165) is 16.0 Å². The second kappa shape index (κ2) is 7.56. The first-order chi connectivity index (χ1) is 12.6. The van der Waals surface area contributed by atoms with E-state index in [-0.39, 0.29) is 18.5 Å². The first-order valence-corrected chi connectivity index (χ1v) is 8.38. The van der Waals surface area contributed by atoms with Crippen molar-refractivity contribution < 1.29 is 28.5 Å². The Labute approximate surface area is 151 Å². The lowest BCUT2D eigenvalue weighted by atomic mass is 9.96. The number of methoxy groups -OCH3 is 3. The van der Waals surface area contributed by atoms with Crippen LogP contribution in [0.3, 0.4) is 0 Å². The summed E-state index contributed by atoms with van der Waals surface area (Å²) in [6, 6.07) is 1.81. The van der Waals surface area contributed by atoms with Gasteiger partial charge in [-0.05, 0) is 19.1 Å². The molecule has 1 heterocycles. The quantitative estimate of drug-likeness (QED) is 0.718. The van der Waals surface area contributed by atoms with E-state index in [1.165, 1.54) is 0 Å². The maximum absolute atomic E-state index is 12.1.